The van der Waals surface area contributed by atoms with Gasteiger partial charge in [0.2, 0.25) is 5.91 Å². The zero-order valence-electron chi connectivity index (χ0n) is 11.4. The molecule has 0 spiro atoms. The van der Waals surface area contributed by atoms with Crippen LogP contribution in [0.1, 0.15) is 29.6 Å². The van der Waals surface area contributed by atoms with Crippen molar-refractivity contribution in [3.8, 4) is 0 Å². The molecule has 0 aromatic heterocycles. The molecule has 1 amide bonds. The Morgan fingerprint density at radius 2 is 2.14 bits per heavy atom. The minimum absolute atomic E-state index is 0.174. The molecule has 6 heteroatoms. The first-order valence-corrected chi connectivity index (χ1v) is 7.13. The lowest BCUT2D eigenvalue weighted by molar-refractivity contribution is -0.118. The Hall–Kier alpha value is -1.95. The molecule has 1 aromatic rings. The van der Waals surface area contributed by atoms with Crippen LogP contribution < -0.4 is 10.6 Å². The van der Waals surface area contributed by atoms with Crippen molar-refractivity contribution in [2.75, 3.05) is 11.9 Å². The third kappa shape index (κ3) is 2.63. The molecule has 1 aliphatic heterocycles. The van der Waals surface area contributed by atoms with Crippen molar-refractivity contribution in [3.63, 3.8) is 0 Å². The minimum atomic E-state index is -1.35. The monoisotopic (exact) mass is 292 g/mol. The van der Waals surface area contributed by atoms with Crippen LogP contribution in [-0.4, -0.2) is 29.6 Å². The van der Waals surface area contributed by atoms with Gasteiger partial charge >= 0.3 is 5.97 Å². The maximum absolute atomic E-state index is 13.3. The summed E-state index contributed by atoms with van der Waals surface area (Å²) in [6, 6.07) is 3.34. The second-order valence-electron chi connectivity index (χ2n) is 5.73. The number of hydrogen-bond acceptors (Lipinski definition) is 3. The first-order valence-electron chi connectivity index (χ1n) is 7.13. The molecular formula is C15H17FN2O3. The van der Waals surface area contributed by atoms with Crippen LogP contribution >= 0.6 is 0 Å². The van der Waals surface area contributed by atoms with Gasteiger partial charge in [0.15, 0.2) is 0 Å². The second-order valence-corrected chi connectivity index (χ2v) is 5.73. The summed E-state index contributed by atoms with van der Waals surface area (Å²) in [5.41, 5.74) is -0.132. The quantitative estimate of drug-likeness (QED) is 0.794. The van der Waals surface area contributed by atoms with E-state index in [9.17, 15) is 14.0 Å². The number of carboxylic acids is 1. The van der Waals surface area contributed by atoms with Gasteiger partial charge in [-0.3, -0.25) is 4.79 Å². The number of aromatic carboxylic acids is 1. The van der Waals surface area contributed by atoms with Crippen molar-refractivity contribution in [1.82, 2.24) is 5.32 Å². The van der Waals surface area contributed by atoms with Gasteiger partial charge in [-0.15, -0.1) is 0 Å². The first-order chi connectivity index (χ1) is 10.1. The van der Waals surface area contributed by atoms with Crippen molar-refractivity contribution in [1.29, 1.82) is 0 Å². The normalized spacial score (nSPS) is 27.4. The zero-order chi connectivity index (χ0) is 15.0. The Morgan fingerprint density at radius 1 is 1.33 bits per heavy atom. The Morgan fingerprint density at radius 3 is 2.90 bits per heavy atom. The molecule has 1 aliphatic carbocycles. The fourth-order valence-electron chi connectivity index (χ4n) is 3.46. The van der Waals surface area contributed by atoms with Gasteiger partial charge in [-0.25, -0.2) is 9.18 Å². The molecule has 1 heterocycles. The van der Waals surface area contributed by atoms with Crippen LogP contribution in [0.25, 0.3) is 0 Å². The lowest BCUT2D eigenvalue weighted by atomic mass is 9.93. The van der Waals surface area contributed by atoms with Crippen LogP contribution in [0.15, 0.2) is 18.2 Å². The Bertz CT molecular complexity index is 590. The highest BCUT2D eigenvalue weighted by Crippen LogP contribution is 2.38. The molecule has 1 saturated carbocycles. The van der Waals surface area contributed by atoms with E-state index in [1.165, 1.54) is 6.07 Å². The number of carbonyl (C=O) groups is 2. The van der Waals surface area contributed by atoms with Crippen molar-refractivity contribution in [2.45, 2.75) is 25.3 Å². The maximum Gasteiger partial charge on any atom is 0.338 e. The molecule has 2 aliphatic rings. The van der Waals surface area contributed by atoms with Gasteiger partial charge in [0.05, 0.1) is 11.6 Å². The summed E-state index contributed by atoms with van der Waals surface area (Å²) in [6.07, 6.45) is 3.35. The summed E-state index contributed by atoms with van der Waals surface area (Å²) in [4.78, 5) is 23.2. The van der Waals surface area contributed by atoms with Crippen LogP contribution in [0.3, 0.4) is 0 Å². The summed E-state index contributed by atoms with van der Waals surface area (Å²) in [7, 11) is 0. The summed E-state index contributed by atoms with van der Waals surface area (Å²) in [5.74, 6) is -1.42. The number of amides is 1. The average molecular weight is 292 g/mol. The van der Waals surface area contributed by atoms with E-state index < -0.39 is 17.3 Å². The molecule has 112 valence electrons. The van der Waals surface area contributed by atoms with Crippen LogP contribution in [-0.2, 0) is 4.79 Å². The van der Waals surface area contributed by atoms with Gasteiger partial charge in [-0.2, -0.15) is 0 Å². The standard InChI is InChI=1S/C15H17FN2O3/c16-12-5-4-9(6-11(12)15(20)21)18-14(19)13-10-3-1-2-8(10)7-17-13/h4-6,8,10,13,17H,1-3,7H2,(H,18,19)(H,20,21). The van der Waals surface area contributed by atoms with Gasteiger partial charge in [-0.1, -0.05) is 6.42 Å². The van der Waals surface area contributed by atoms with Crippen molar-refractivity contribution >= 4 is 17.6 Å². The third-order valence-corrected chi connectivity index (χ3v) is 4.49. The Balaban J connectivity index is 1.73. The molecule has 3 N–H and O–H groups in total. The second kappa shape index (κ2) is 5.44. The number of benzene rings is 1. The van der Waals surface area contributed by atoms with E-state index in [1.54, 1.807) is 0 Å². The highest BCUT2D eigenvalue weighted by Gasteiger charge is 2.42. The summed E-state index contributed by atoms with van der Waals surface area (Å²) < 4.78 is 13.3. The molecular weight excluding hydrogens is 275 g/mol. The number of halogens is 1. The van der Waals surface area contributed by atoms with Crippen molar-refractivity contribution < 1.29 is 19.1 Å². The number of carbonyl (C=O) groups excluding carboxylic acids is 1. The number of nitrogens with one attached hydrogen (secondary N) is 2. The number of rotatable bonds is 3. The minimum Gasteiger partial charge on any atom is -0.478 e. The predicted molar refractivity (Wildman–Crippen MR) is 74.6 cm³/mol. The SMILES string of the molecule is O=C(O)c1cc(NC(=O)C2NCC3CCCC32)ccc1F. The van der Waals surface area contributed by atoms with Gasteiger partial charge in [-0.05, 0) is 49.4 Å². The molecule has 1 saturated heterocycles. The smallest absolute Gasteiger partial charge is 0.338 e. The lowest BCUT2D eigenvalue weighted by Crippen LogP contribution is -2.39. The molecule has 3 rings (SSSR count). The Kier molecular flexibility index (Phi) is 3.63. The van der Waals surface area contributed by atoms with Crippen molar-refractivity contribution in [2.24, 2.45) is 11.8 Å². The van der Waals surface area contributed by atoms with E-state index in [1.807, 2.05) is 0 Å². The summed E-state index contributed by atoms with van der Waals surface area (Å²) >= 11 is 0. The fraction of sp³-hybridized carbons (Fsp3) is 0.467. The highest BCUT2D eigenvalue weighted by atomic mass is 19.1. The molecule has 0 bridgehead atoms. The molecule has 2 fully saturated rings. The number of hydrogen-bond donors (Lipinski definition) is 3. The molecule has 5 nitrogen and oxygen atoms in total. The molecule has 1 aromatic carbocycles. The molecule has 3 unspecified atom stereocenters. The molecule has 3 atom stereocenters. The zero-order valence-corrected chi connectivity index (χ0v) is 11.4. The predicted octanol–water partition coefficient (Wildman–Crippen LogP) is 1.85. The van der Waals surface area contributed by atoms with E-state index in [0.717, 1.165) is 37.9 Å². The van der Waals surface area contributed by atoms with Crippen LogP contribution in [0, 0.1) is 17.7 Å². The van der Waals surface area contributed by atoms with E-state index in [2.05, 4.69) is 10.6 Å². The maximum atomic E-state index is 13.3. The van der Waals surface area contributed by atoms with Gasteiger partial charge in [0.1, 0.15) is 5.82 Å². The van der Waals surface area contributed by atoms with Gasteiger partial charge < -0.3 is 15.7 Å². The number of fused-ring (bicyclic) bond motifs is 1. The van der Waals surface area contributed by atoms with Crippen LogP contribution in [0.4, 0.5) is 10.1 Å². The first kappa shape index (κ1) is 14.0. The van der Waals surface area contributed by atoms with Crippen LogP contribution in [0.2, 0.25) is 0 Å². The largest absolute Gasteiger partial charge is 0.478 e. The van der Waals surface area contributed by atoms with Crippen molar-refractivity contribution in [3.05, 3.63) is 29.6 Å². The highest BCUT2D eigenvalue weighted by molar-refractivity contribution is 5.97. The van der Waals surface area contributed by atoms with E-state index in [-0.39, 0.29) is 11.9 Å². The third-order valence-electron chi connectivity index (χ3n) is 4.49. The average Bonchev–Trinajstić information content (AvgIpc) is 3.02. The van der Waals surface area contributed by atoms with E-state index in [4.69, 9.17) is 5.11 Å². The van der Waals surface area contributed by atoms with Gasteiger partial charge in [0.25, 0.3) is 0 Å². The molecule has 0 radical (unpaired) electrons. The lowest BCUT2D eigenvalue weighted by Gasteiger charge is -2.18. The fourth-order valence-corrected chi connectivity index (χ4v) is 3.46. The van der Waals surface area contributed by atoms with E-state index in [0.29, 0.717) is 17.5 Å². The van der Waals surface area contributed by atoms with Crippen LogP contribution in [0.5, 0.6) is 0 Å². The Labute approximate surface area is 121 Å². The number of carboxylic acid groups (broad SMARTS) is 1. The number of anilines is 1. The molecule has 21 heavy (non-hydrogen) atoms. The summed E-state index contributed by atoms with van der Waals surface area (Å²) in [6.45, 7) is 0.854. The van der Waals surface area contributed by atoms with E-state index >= 15 is 0 Å². The topological polar surface area (TPSA) is 78.4 Å². The summed E-state index contributed by atoms with van der Waals surface area (Å²) in [5, 5.41) is 14.8. The van der Waals surface area contributed by atoms with Gasteiger partial charge in [0, 0.05) is 5.69 Å².